The van der Waals surface area contributed by atoms with E-state index in [0.717, 1.165) is 6.42 Å². The Kier molecular flexibility index (Phi) is 5.33. The summed E-state index contributed by atoms with van der Waals surface area (Å²) in [5.41, 5.74) is -1.61. The predicted octanol–water partition coefficient (Wildman–Crippen LogP) is 2.38. The van der Waals surface area contributed by atoms with Crippen LogP contribution in [-0.2, 0) is 9.59 Å². The number of hydrogen-bond acceptors (Lipinski definition) is 2. The highest BCUT2D eigenvalue weighted by atomic mass is 16.4. The van der Waals surface area contributed by atoms with Crippen LogP contribution in [0.4, 0.5) is 0 Å². The van der Waals surface area contributed by atoms with Crippen LogP contribution in [0.15, 0.2) is 0 Å². The zero-order valence-corrected chi connectivity index (χ0v) is 9.62. The lowest BCUT2D eigenvalue weighted by Crippen LogP contribution is -2.45. The van der Waals surface area contributed by atoms with Gasteiger partial charge in [0.25, 0.3) is 0 Å². The van der Waals surface area contributed by atoms with Crippen molar-refractivity contribution in [3.63, 3.8) is 0 Å². The standard InChI is InChI=1S/C11H20O4/c1-4-7-8(5-2)11(6-3,9(12)13)10(14)15/h8H,4-7H2,1-3H3,(H,12,13)(H,14,15). The van der Waals surface area contributed by atoms with Gasteiger partial charge < -0.3 is 10.2 Å². The third-order valence-corrected chi connectivity index (χ3v) is 3.15. The Morgan fingerprint density at radius 2 is 1.60 bits per heavy atom. The van der Waals surface area contributed by atoms with Crippen molar-refractivity contribution in [3.05, 3.63) is 0 Å². The van der Waals surface area contributed by atoms with Crippen molar-refractivity contribution in [1.82, 2.24) is 0 Å². The smallest absolute Gasteiger partial charge is 0.321 e. The van der Waals surface area contributed by atoms with E-state index in [1.807, 2.05) is 13.8 Å². The van der Waals surface area contributed by atoms with Gasteiger partial charge in [-0.2, -0.15) is 0 Å². The highest BCUT2D eigenvalue weighted by Crippen LogP contribution is 2.37. The minimum absolute atomic E-state index is 0.135. The first kappa shape index (κ1) is 13.9. The molecule has 0 radical (unpaired) electrons. The zero-order chi connectivity index (χ0) is 12.1. The molecule has 0 aromatic heterocycles. The van der Waals surface area contributed by atoms with Gasteiger partial charge in [0.2, 0.25) is 0 Å². The third kappa shape index (κ3) is 2.49. The Morgan fingerprint density at radius 3 is 1.80 bits per heavy atom. The monoisotopic (exact) mass is 216 g/mol. The maximum absolute atomic E-state index is 11.2. The molecule has 1 unspecified atom stereocenters. The highest BCUT2D eigenvalue weighted by Gasteiger charge is 2.50. The number of carboxylic acids is 2. The maximum Gasteiger partial charge on any atom is 0.321 e. The third-order valence-electron chi connectivity index (χ3n) is 3.15. The summed E-state index contributed by atoms with van der Waals surface area (Å²) >= 11 is 0. The molecule has 15 heavy (non-hydrogen) atoms. The SMILES string of the molecule is CCCC(CC)C(CC)(C(=O)O)C(=O)O. The van der Waals surface area contributed by atoms with Crippen LogP contribution in [0.5, 0.6) is 0 Å². The van der Waals surface area contributed by atoms with E-state index in [0.29, 0.717) is 12.8 Å². The van der Waals surface area contributed by atoms with Crippen molar-refractivity contribution in [1.29, 1.82) is 0 Å². The van der Waals surface area contributed by atoms with Crippen LogP contribution < -0.4 is 0 Å². The van der Waals surface area contributed by atoms with Crippen LogP contribution in [-0.4, -0.2) is 22.2 Å². The first-order valence-corrected chi connectivity index (χ1v) is 5.44. The predicted molar refractivity (Wildman–Crippen MR) is 56.7 cm³/mol. The zero-order valence-electron chi connectivity index (χ0n) is 9.62. The number of aliphatic carboxylic acids is 2. The second-order valence-electron chi connectivity index (χ2n) is 3.83. The lowest BCUT2D eigenvalue weighted by atomic mass is 9.70. The van der Waals surface area contributed by atoms with Crippen LogP contribution in [0.25, 0.3) is 0 Å². The van der Waals surface area contributed by atoms with Crippen molar-refractivity contribution in [2.75, 3.05) is 0 Å². The molecule has 0 saturated carbocycles. The molecular formula is C11H20O4. The maximum atomic E-state index is 11.2. The fourth-order valence-electron chi connectivity index (χ4n) is 2.18. The van der Waals surface area contributed by atoms with Gasteiger partial charge in [0, 0.05) is 0 Å². The Labute approximate surface area is 90.3 Å². The van der Waals surface area contributed by atoms with Gasteiger partial charge >= 0.3 is 11.9 Å². The fraction of sp³-hybridized carbons (Fsp3) is 0.818. The lowest BCUT2D eigenvalue weighted by Gasteiger charge is -2.31. The fourth-order valence-corrected chi connectivity index (χ4v) is 2.18. The van der Waals surface area contributed by atoms with E-state index in [1.165, 1.54) is 0 Å². The van der Waals surface area contributed by atoms with Gasteiger partial charge in [0.05, 0.1) is 0 Å². The second kappa shape index (κ2) is 5.73. The number of hydrogen-bond donors (Lipinski definition) is 2. The molecule has 0 fully saturated rings. The number of carboxylic acid groups (broad SMARTS) is 2. The largest absolute Gasteiger partial charge is 0.480 e. The van der Waals surface area contributed by atoms with Crippen LogP contribution in [0.2, 0.25) is 0 Å². The summed E-state index contributed by atoms with van der Waals surface area (Å²) in [5, 5.41) is 18.3. The Balaban J connectivity index is 5.20. The molecule has 0 heterocycles. The number of carbonyl (C=O) groups is 2. The molecule has 4 heteroatoms. The van der Waals surface area contributed by atoms with Crippen LogP contribution >= 0.6 is 0 Å². The average Bonchev–Trinajstić information content (AvgIpc) is 2.17. The van der Waals surface area contributed by atoms with Gasteiger partial charge in [0.1, 0.15) is 0 Å². The molecule has 0 amide bonds. The van der Waals surface area contributed by atoms with Crippen molar-refractivity contribution in [3.8, 4) is 0 Å². The quantitative estimate of drug-likeness (QED) is 0.641. The average molecular weight is 216 g/mol. The molecule has 0 rings (SSSR count). The molecule has 0 spiro atoms. The summed E-state index contributed by atoms with van der Waals surface area (Å²) < 4.78 is 0. The van der Waals surface area contributed by atoms with Crippen molar-refractivity contribution in [2.24, 2.45) is 11.3 Å². The number of rotatable bonds is 7. The first-order valence-electron chi connectivity index (χ1n) is 5.44. The van der Waals surface area contributed by atoms with Crippen LogP contribution in [0.1, 0.15) is 46.5 Å². The summed E-state index contributed by atoms with van der Waals surface area (Å²) in [5.74, 6) is -2.71. The molecule has 0 aromatic carbocycles. The van der Waals surface area contributed by atoms with E-state index in [2.05, 4.69) is 0 Å². The summed E-state index contributed by atoms with van der Waals surface area (Å²) in [4.78, 5) is 22.4. The molecule has 2 N–H and O–H groups in total. The van der Waals surface area contributed by atoms with Gasteiger partial charge in [-0.05, 0) is 18.8 Å². The molecule has 0 bridgehead atoms. The van der Waals surface area contributed by atoms with E-state index in [1.54, 1.807) is 6.92 Å². The van der Waals surface area contributed by atoms with Crippen LogP contribution in [0.3, 0.4) is 0 Å². The van der Waals surface area contributed by atoms with Crippen molar-refractivity contribution < 1.29 is 19.8 Å². The molecule has 0 saturated heterocycles. The van der Waals surface area contributed by atoms with Gasteiger partial charge in [-0.25, -0.2) is 0 Å². The van der Waals surface area contributed by atoms with Crippen molar-refractivity contribution in [2.45, 2.75) is 46.5 Å². The topological polar surface area (TPSA) is 74.6 Å². The van der Waals surface area contributed by atoms with Crippen molar-refractivity contribution >= 4 is 11.9 Å². The van der Waals surface area contributed by atoms with E-state index in [-0.39, 0.29) is 12.3 Å². The molecule has 4 nitrogen and oxygen atoms in total. The normalized spacial score (nSPS) is 13.5. The highest BCUT2D eigenvalue weighted by molar-refractivity contribution is 5.98. The summed E-state index contributed by atoms with van der Waals surface area (Å²) in [7, 11) is 0. The van der Waals surface area contributed by atoms with Gasteiger partial charge in [-0.1, -0.05) is 33.6 Å². The second-order valence-corrected chi connectivity index (χ2v) is 3.83. The Morgan fingerprint density at radius 1 is 1.13 bits per heavy atom. The molecule has 0 aliphatic rings. The summed E-state index contributed by atoms with van der Waals surface area (Å²) in [6.07, 6.45) is 2.17. The molecule has 88 valence electrons. The minimum Gasteiger partial charge on any atom is -0.480 e. The molecule has 0 aliphatic carbocycles. The van der Waals surface area contributed by atoms with Gasteiger partial charge in [-0.3, -0.25) is 9.59 Å². The summed E-state index contributed by atoms with van der Waals surface area (Å²) in [6.45, 7) is 5.41. The van der Waals surface area contributed by atoms with E-state index in [9.17, 15) is 9.59 Å². The van der Waals surface area contributed by atoms with Crippen LogP contribution in [0, 0.1) is 11.3 Å². The summed E-state index contributed by atoms with van der Waals surface area (Å²) in [6, 6.07) is 0. The minimum atomic E-state index is -1.61. The molecule has 1 atom stereocenters. The first-order chi connectivity index (χ1) is 6.97. The molecular weight excluding hydrogens is 196 g/mol. The lowest BCUT2D eigenvalue weighted by molar-refractivity contribution is -0.170. The van der Waals surface area contributed by atoms with E-state index < -0.39 is 17.4 Å². The molecule has 0 aromatic rings. The molecule has 0 aliphatic heterocycles. The van der Waals surface area contributed by atoms with Gasteiger partial charge in [-0.15, -0.1) is 0 Å². The Hall–Kier alpha value is -1.06. The Bertz CT molecular complexity index is 221. The van der Waals surface area contributed by atoms with E-state index >= 15 is 0 Å². The van der Waals surface area contributed by atoms with Gasteiger partial charge in [0.15, 0.2) is 5.41 Å². The van der Waals surface area contributed by atoms with E-state index in [4.69, 9.17) is 10.2 Å².